The number of hydrogen-bond acceptors (Lipinski definition) is 2. The van der Waals surface area contributed by atoms with Gasteiger partial charge in [0.25, 0.3) is 0 Å². The summed E-state index contributed by atoms with van der Waals surface area (Å²) in [6, 6.07) is 15.5. The largest absolute Gasteiger partial charge is 0.497 e. The normalized spacial score (nSPS) is 17.3. The predicted octanol–water partition coefficient (Wildman–Crippen LogP) is 4.17. The lowest BCUT2D eigenvalue weighted by Gasteiger charge is -2.27. The van der Waals surface area contributed by atoms with Gasteiger partial charge in [0.2, 0.25) is 0 Å². The van der Waals surface area contributed by atoms with E-state index in [0.717, 1.165) is 18.7 Å². The summed E-state index contributed by atoms with van der Waals surface area (Å²) >= 11 is 0. The molecule has 1 atom stereocenters. The van der Waals surface area contributed by atoms with Crippen LogP contribution in [0.4, 0.5) is 0 Å². The first-order valence-electron chi connectivity index (χ1n) is 7.72. The number of hydrogen-bond donors (Lipinski definition) is 1. The minimum Gasteiger partial charge on any atom is -0.497 e. The number of aryl methyl sites for hydroxylation is 2. The molecule has 0 fully saturated rings. The van der Waals surface area contributed by atoms with Crippen LogP contribution in [0.3, 0.4) is 0 Å². The zero-order chi connectivity index (χ0) is 14.7. The van der Waals surface area contributed by atoms with Gasteiger partial charge in [-0.3, -0.25) is 0 Å². The summed E-state index contributed by atoms with van der Waals surface area (Å²) in [6.45, 7) is 3.11. The Morgan fingerprint density at radius 1 is 1.19 bits per heavy atom. The Kier molecular flexibility index (Phi) is 4.26. The van der Waals surface area contributed by atoms with Gasteiger partial charge in [0.05, 0.1) is 7.11 Å². The van der Waals surface area contributed by atoms with Crippen molar-refractivity contribution in [3.05, 3.63) is 64.7 Å². The Balaban J connectivity index is 1.75. The molecular formula is C19H23NO. The van der Waals surface area contributed by atoms with E-state index in [0.29, 0.717) is 6.04 Å². The predicted molar refractivity (Wildman–Crippen MR) is 86.7 cm³/mol. The van der Waals surface area contributed by atoms with E-state index in [1.54, 1.807) is 7.11 Å². The van der Waals surface area contributed by atoms with Gasteiger partial charge in [0.15, 0.2) is 0 Å². The summed E-state index contributed by atoms with van der Waals surface area (Å²) in [5, 5.41) is 3.73. The summed E-state index contributed by atoms with van der Waals surface area (Å²) in [7, 11) is 1.73. The molecule has 0 spiro atoms. The molecule has 0 radical (unpaired) electrons. The van der Waals surface area contributed by atoms with Crippen LogP contribution in [0.15, 0.2) is 42.5 Å². The fourth-order valence-corrected chi connectivity index (χ4v) is 3.17. The van der Waals surface area contributed by atoms with Gasteiger partial charge in [0.1, 0.15) is 5.75 Å². The van der Waals surface area contributed by atoms with Gasteiger partial charge in [-0.1, -0.05) is 30.3 Å². The van der Waals surface area contributed by atoms with Crippen molar-refractivity contribution in [1.82, 2.24) is 5.32 Å². The van der Waals surface area contributed by atoms with Crippen LogP contribution in [-0.2, 0) is 13.0 Å². The molecule has 1 N–H and O–H groups in total. The maximum Gasteiger partial charge on any atom is 0.119 e. The van der Waals surface area contributed by atoms with E-state index in [1.165, 1.54) is 35.1 Å². The number of rotatable bonds is 4. The van der Waals surface area contributed by atoms with Crippen molar-refractivity contribution < 1.29 is 4.74 Å². The van der Waals surface area contributed by atoms with Crippen LogP contribution >= 0.6 is 0 Å². The standard InChI is InChI=1S/C19H23NO/c1-14-6-3-4-7-16(14)13-20-19-9-5-8-15-12-17(21-2)10-11-18(15)19/h3-4,6-7,10-12,19-20H,5,8-9,13H2,1-2H3. The Morgan fingerprint density at radius 2 is 2.05 bits per heavy atom. The number of fused-ring (bicyclic) bond motifs is 1. The lowest BCUT2D eigenvalue weighted by atomic mass is 9.87. The third kappa shape index (κ3) is 3.11. The van der Waals surface area contributed by atoms with Gasteiger partial charge in [-0.25, -0.2) is 0 Å². The Morgan fingerprint density at radius 3 is 2.86 bits per heavy atom. The van der Waals surface area contributed by atoms with Gasteiger partial charge in [-0.15, -0.1) is 0 Å². The highest BCUT2D eigenvalue weighted by Gasteiger charge is 2.20. The van der Waals surface area contributed by atoms with E-state index in [-0.39, 0.29) is 0 Å². The molecule has 2 nitrogen and oxygen atoms in total. The van der Waals surface area contributed by atoms with Gasteiger partial charge in [-0.2, -0.15) is 0 Å². The highest BCUT2D eigenvalue weighted by atomic mass is 16.5. The van der Waals surface area contributed by atoms with Gasteiger partial charge in [0, 0.05) is 12.6 Å². The Bertz CT molecular complexity index is 621. The van der Waals surface area contributed by atoms with Crippen molar-refractivity contribution in [2.24, 2.45) is 0 Å². The third-order valence-corrected chi connectivity index (χ3v) is 4.46. The van der Waals surface area contributed by atoms with E-state index >= 15 is 0 Å². The van der Waals surface area contributed by atoms with Crippen molar-refractivity contribution in [2.45, 2.75) is 38.8 Å². The van der Waals surface area contributed by atoms with Crippen LogP contribution in [0.1, 0.15) is 41.1 Å². The van der Waals surface area contributed by atoms with E-state index in [1.807, 2.05) is 0 Å². The Labute approximate surface area is 127 Å². The van der Waals surface area contributed by atoms with E-state index < -0.39 is 0 Å². The first-order chi connectivity index (χ1) is 10.3. The van der Waals surface area contributed by atoms with E-state index in [9.17, 15) is 0 Å². The summed E-state index contributed by atoms with van der Waals surface area (Å²) in [5.41, 5.74) is 5.62. The fourth-order valence-electron chi connectivity index (χ4n) is 3.17. The van der Waals surface area contributed by atoms with Crippen LogP contribution < -0.4 is 10.1 Å². The summed E-state index contributed by atoms with van der Waals surface area (Å²) < 4.78 is 5.34. The molecule has 1 aliphatic rings. The second kappa shape index (κ2) is 6.31. The molecule has 0 aliphatic heterocycles. The van der Waals surface area contributed by atoms with Crippen molar-refractivity contribution in [3.63, 3.8) is 0 Å². The number of benzene rings is 2. The van der Waals surface area contributed by atoms with Crippen molar-refractivity contribution in [3.8, 4) is 5.75 Å². The number of methoxy groups -OCH3 is 1. The van der Waals surface area contributed by atoms with Gasteiger partial charge < -0.3 is 10.1 Å². The van der Waals surface area contributed by atoms with Gasteiger partial charge in [-0.05, 0) is 60.6 Å². The fraction of sp³-hybridized carbons (Fsp3) is 0.368. The molecular weight excluding hydrogens is 258 g/mol. The summed E-state index contributed by atoms with van der Waals surface area (Å²) in [6.07, 6.45) is 3.62. The summed E-state index contributed by atoms with van der Waals surface area (Å²) in [5.74, 6) is 0.966. The molecule has 3 rings (SSSR count). The monoisotopic (exact) mass is 281 g/mol. The van der Waals surface area contributed by atoms with E-state index in [2.05, 4.69) is 54.7 Å². The molecule has 1 unspecified atom stereocenters. The van der Waals surface area contributed by atoms with Crippen molar-refractivity contribution >= 4 is 0 Å². The highest BCUT2D eigenvalue weighted by Crippen LogP contribution is 2.32. The smallest absolute Gasteiger partial charge is 0.119 e. The maximum absolute atomic E-state index is 5.34. The molecule has 2 aromatic carbocycles. The molecule has 1 aliphatic carbocycles. The molecule has 21 heavy (non-hydrogen) atoms. The summed E-state index contributed by atoms with van der Waals surface area (Å²) in [4.78, 5) is 0. The minimum absolute atomic E-state index is 0.458. The highest BCUT2D eigenvalue weighted by molar-refractivity contribution is 5.39. The lowest BCUT2D eigenvalue weighted by Crippen LogP contribution is -2.25. The second-order valence-corrected chi connectivity index (χ2v) is 5.82. The quantitative estimate of drug-likeness (QED) is 0.908. The molecule has 0 bridgehead atoms. The molecule has 0 saturated carbocycles. The van der Waals surface area contributed by atoms with Crippen LogP contribution in [0.25, 0.3) is 0 Å². The lowest BCUT2D eigenvalue weighted by molar-refractivity contribution is 0.410. The maximum atomic E-state index is 5.34. The first kappa shape index (κ1) is 14.2. The van der Waals surface area contributed by atoms with Gasteiger partial charge >= 0.3 is 0 Å². The third-order valence-electron chi connectivity index (χ3n) is 4.46. The average molecular weight is 281 g/mol. The minimum atomic E-state index is 0.458. The first-order valence-corrected chi connectivity index (χ1v) is 7.72. The Hall–Kier alpha value is -1.80. The zero-order valence-electron chi connectivity index (χ0n) is 12.9. The van der Waals surface area contributed by atoms with Crippen molar-refractivity contribution in [1.29, 1.82) is 0 Å². The van der Waals surface area contributed by atoms with Crippen LogP contribution in [0.5, 0.6) is 5.75 Å². The molecule has 0 saturated heterocycles. The molecule has 0 amide bonds. The molecule has 2 aromatic rings. The second-order valence-electron chi connectivity index (χ2n) is 5.82. The van der Waals surface area contributed by atoms with Crippen LogP contribution in [-0.4, -0.2) is 7.11 Å². The van der Waals surface area contributed by atoms with Crippen molar-refractivity contribution in [2.75, 3.05) is 7.11 Å². The number of ether oxygens (including phenoxy) is 1. The zero-order valence-corrected chi connectivity index (χ0v) is 12.9. The molecule has 0 aromatic heterocycles. The van der Waals surface area contributed by atoms with Crippen LogP contribution in [0, 0.1) is 6.92 Å². The molecule has 0 heterocycles. The molecule has 2 heteroatoms. The topological polar surface area (TPSA) is 21.3 Å². The van der Waals surface area contributed by atoms with Crippen LogP contribution in [0.2, 0.25) is 0 Å². The molecule has 110 valence electrons. The number of nitrogens with one attached hydrogen (secondary N) is 1. The van der Waals surface area contributed by atoms with E-state index in [4.69, 9.17) is 4.74 Å². The SMILES string of the molecule is COc1ccc2c(c1)CCCC2NCc1ccccc1C. The average Bonchev–Trinajstić information content (AvgIpc) is 2.53.